The number of nitrogen functional groups attached to an aromatic ring is 1. The highest BCUT2D eigenvalue weighted by Crippen LogP contribution is 2.24. The van der Waals surface area contributed by atoms with Gasteiger partial charge in [0, 0.05) is 11.3 Å². The molecular formula is C12H15N3O3S. The van der Waals surface area contributed by atoms with Crippen LogP contribution in [0.5, 0.6) is 0 Å². The summed E-state index contributed by atoms with van der Waals surface area (Å²) in [5.41, 5.74) is 7.91. The van der Waals surface area contributed by atoms with E-state index in [0.717, 1.165) is 0 Å². The fraction of sp³-hybridized carbons (Fsp3) is 0.250. The van der Waals surface area contributed by atoms with Crippen LogP contribution in [0.25, 0.3) is 0 Å². The predicted octanol–water partition coefficient (Wildman–Crippen LogP) is 1.98. The van der Waals surface area contributed by atoms with Gasteiger partial charge in [-0.3, -0.25) is 0 Å². The Kier molecular flexibility index (Phi) is 3.23. The average Bonchev–Trinajstić information content (AvgIpc) is 2.63. The van der Waals surface area contributed by atoms with Crippen molar-refractivity contribution >= 4 is 21.6 Å². The number of nitrogens with one attached hydrogen (secondary N) is 1. The minimum Gasteiger partial charge on any atom is -0.399 e. The largest absolute Gasteiger partial charge is 0.399 e. The van der Waals surface area contributed by atoms with Gasteiger partial charge in [-0.1, -0.05) is 11.2 Å². The molecule has 0 saturated carbocycles. The monoisotopic (exact) mass is 281 g/mol. The average molecular weight is 281 g/mol. The molecule has 1 aromatic heterocycles. The smallest absolute Gasteiger partial charge is 0.264 e. The van der Waals surface area contributed by atoms with Crippen LogP contribution in [-0.4, -0.2) is 13.6 Å². The third-order valence-electron chi connectivity index (χ3n) is 2.89. The van der Waals surface area contributed by atoms with Crippen LogP contribution in [-0.2, 0) is 10.0 Å². The lowest BCUT2D eigenvalue weighted by molar-refractivity contribution is 0.430. The van der Waals surface area contributed by atoms with Crippen LogP contribution in [0.1, 0.15) is 16.8 Å². The summed E-state index contributed by atoms with van der Waals surface area (Å²) in [7, 11) is -3.74. The van der Waals surface area contributed by atoms with Crippen molar-refractivity contribution in [1.29, 1.82) is 0 Å². The molecule has 0 amide bonds. The Labute approximate surface area is 111 Å². The first-order valence-electron chi connectivity index (χ1n) is 5.63. The van der Waals surface area contributed by atoms with E-state index in [9.17, 15) is 8.42 Å². The lowest BCUT2D eigenvalue weighted by Crippen LogP contribution is -2.14. The summed E-state index contributed by atoms with van der Waals surface area (Å²) in [6.07, 6.45) is 0. The molecule has 0 bridgehead atoms. The molecule has 0 saturated heterocycles. The van der Waals surface area contributed by atoms with Gasteiger partial charge >= 0.3 is 0 Å². The molecule has 2 aromatic rings. The van der Waals surface area contributed by atoms with Crippen molar-refractivity contribution in [1.82, 2.24) is 5.16 Å². The molecule has 1 aromatic carbocycles. The number of benzene rings is 1. The maximum atomic E-state index is 12.3. The zero-order valence-electron chi connectivity index (χ0n) is 10.9. The molecule has 0 radical (unpaired) electrons. The van der Waals surface area contributed by atoms with Crippen molar-refractivity contribution in [2.45, 2.75) is 25.7 Å². The number of aryl methyl sites for hydroxylation is 2. The number of sulfonamides is 1. The van der Waals surface area contributed by atoms with E-state index in [4.69, 9.17) is 10.3 Å². The third-order valence-corrected chi connectivity index (χ3v) is 4.36. The summed E-state index contributed by atoms with van der Waals surface area (Å²) in [4.78, 5) is 0.126. The van der Waals surface area contributed by atoms with Crippen molar-refractivity contribution in [2.75, 3.05) is 10.5 Å². The van der Waals surface area contributed by atoms with E-state index in [1.54, 1.807) is 32.9 Å². The van der Waals surface area contributed by atoms with Gasteiger partial charge in [0.05, 0.1) is 10.6 Å². The van der Waals surface area contributed by atoms with Crippen LogP contribution in [0.3, 0.4) is 0 Å². The van der Waals surface area contributed by atoms with Gasteiger partial charge in [0.1, 0.15) is 0 Å². The van der Waals surface area contributed by atoms with Crippen LogP contribution >= 0.6 is 0 Å². The normalized spacial score (nSPS) is 11.5. The van der Waals surface area contributed by atoms with E-state index < -0.39 is 10.0 Å². The molecule has 0 spiro atoms. The molecule has 19 heavy (non-hydrogen) atoms. The molecular weight excluding hydrogens is 266 g/mol. The summed E-state index contributed by atoms with van der Waals surface area (Å²) in [6, 6.07) is 4.72. The number of hydrogen-bond donors (Lipinski definition) is 2. The molecule has 1 heterocycles. The number of nitrogens with two attached hydrogens (primary N) is 1. The summed E-state index contributed by atoms with van der Waals surface area (Å²) >= 11 is 0. The van der Waals surface area contributed by atoms with Gasteiger partial charge in [-0.05, 0) is 38.5 Å². The van der Waals surface area contributed by atoms with Crippen molar-refractivity contribution in [2.24, 2.45) is 0 Å². The van der Waals surface area contributed by atoms with Crippen molar-refractivity contribution < 1.29 is 12.9 Å². The SMILES string of the molecule is Cc1ccc(N)cc1S(=O)(=O)Nc1onc(C)c1C. The van der Waals surface area contributed by atoms with Gasteiger partial charge < -0.3 is 10.3 Å². The van der Waals surface area contributed by atoms with Gasteiger partial charge in [0.15, 0.2) is 0 Å². The zero-order chi connectivity index (χ0) is 14.2. The van der Waals surface area contributed by atoms with E-state index in [1.165, 1.54) is 6.07 Å². The Morgan fingerprint density at radius 2 is 1.95 bits per heavy atom. The fourth-order valence-electron chi connectivity index (χ4n) is 1.59. The summed E-state index contributed by atoms with van der Waals surface area (Å²) in [5, 5.41) is 3.71. The molecule has 102 valence electrons. The molecule has 0 aliphatic rings. The molecule has 0 aliphatic heterocycles. The second kappa shape index (κ2) is 4.58. The van der Waals surface area contributed by atoms with Gasteiger partial charge in [-0.15, -0.1) is 0 Å². The zero-order valence-corrected chi connectivity index (χ0v) is 11.7. The van der Waals surface area contributed by atoms with E-state index in [2.05, 4.69) is 9.88 Å². The lowest BCUT2D eigenvalue weighted by Gasteiger charge is -2.09. The first-order chi connectivity index (χ1) is 8.81. The Bertz CT molecular complexity index is 720. The van der Waals surface area contributed by atoms with Gasteiger partial charge in [-0.25, -0.2) is 13.1 Å². The number of nitrogens with zero attached hydrogens (tertiary/aromatic N) is 1. The van der Waals surface area contributed by atoms with Gasteiger partial charge in [0.2, 0.25) is 5.88 Å². The van der Waals surface area contributed by atoms with Gasteiger partial charge in [0.25, 0.3) is 10.0 Å². The topological polar surface area (TPSA) is 98.2 Å². The molecule has 2 rings (SSSR count). The highest BCUT2D eigenvalue weighted by molar-refractivity contribution is 7.92. The van der Waals surface area contributed by atoms with Crippen molar-refractivity contribution in [3.63, 3.8) is 0 Å². The van der Waals surface area contributed by atoms with E-state index >= 15 is 0 Å². The van der Waals surface area contributed by atoms with Crippen LogP contribution in [0.4, 0.5) is 11.6 Å². The second-order valence-electron chi connectivity index (χ2n) is 4.35. The Balaban J connectivity index is 2.43. The van der Waals surface area contributed by atoms with Gasteiger partial charge in [-0.2, -0.15) is 0 Å². The van der Waals surface area contributed by atoms with E-state index in [-0.39, 0.29) is 10.8 Å². The minimum atomic E-state index is -3.74. The second-order valence-corrected chi connectivity index (χ2v) is 6.00. The first-order valence-corrected chi connectivity index (χ1v) is 7.11. The van der Waals surface area contributed by atoms with Crippen LogP contribution < -0.4 is 10.5 Å². The molecule has 0 atom stereocenters. The lowest BCUT2D eigenvalue weighted by atomic mass is 10.2. The standard InChI is InChI=1S/C12H15N3O3S/c1-7-4-5-10(13)6-11(7)19(16,17)15-12-8(2)9(3)14-18-12/h4-6,15H,13H2,1-3H3. The molecule has 3 N–H and O–H groups in total. The fourth-order valence-corrected chi connectivity index (χ4v) is 2.92. The molecule has 0 fully saturated rings. The number of anilines is 2. The maximum absolute atomic E-state index is 12.3. The van der Waals surface area contributed by atoms with Crippen LogP contribution in [0, 0.1) is 20.8 Å². The predicted molar refractivity (Wildman–Crippen MR) is 72.4 cm³/mol. The third kappa shape index (κ3) is 2.55. The van der Waals surface area contributed by atoms with Crippen molar-refractivity contribution in [3.8, 4) is 0 Å². The maximum Gasteiger partial charge on any atom is 0.264 e. The minimum absolute atomic E-state index is 0.124. The van der Waals surface area contributed by atoms with Crippen LogP contribution in [0.15, 0.2) is 27.6 Å². The number of aromatic nitrogens is 1. The molecule has 0 aliphatic carbocycles. The molecule has 7 heteroatoms. The first kappa shape index (κ1) is 13.4. The van der Waals surface area contributed by atoms with E-state index in [0.29, 0.717) is 22.5 Å². The highest BCUT2D eigenvalue weighted by atomic mass is 32.2. The Morgan fingerprint density at radius 1 is 1.26 bits per heavy atom. The molecule has 6 nitrogen and oxygen atoms in total. The summed E-state index contributed by atoms with van der Waals surface area (Å²) in [5.74, 6) is 0.124. The Morgan fingerprint density at radius 3 is 2.53 bits per heavy atom. The summed E-state index contributed by atoms with van der Waals surface area (Å²) < 4.78 is 31.9. The van der Waals surface area contributed by atoms with Crippen LogP contribution in [0.2, 0.25) is 0 Å². The van der Waals surface area contributed by atoms with E-state index in [1.807, 2.05) is 0 Å². The Hall–Kier alpha value is -2.02. The summed E-state index contributed by atoms with van der Waals surface area (Å²) in [6.45, 7) is 5.17. The molecule has 0 unspecified atom stereocenters. The quantitative estimate of drug-likeness (QED) is 0.838. The number of hydrogen-bond acceptors (Lipinski definition) is 5. The number of rotatable bonds is 3. The highest BCUT2D eigenvalue weighted by Gasteiger charge is 2.21. The van der Waals surface area contributed by atoms with Crippen molar-refractivity contribution in [3.05, 3.63) is 35.0 Å².